The summed E-state index contributed by atoms with van der Waals surface area (Å²) < 4.78 is 5.14. The third-order valence-electron chi connectivity index (χ3n) is 3.52. The third kappa shape index (κ3) is 2.69. The summed E-state index contributed by atoms with van der Waals surface area (Å²) in [4.78, 5) is 13.9. The summed E-state index contributed by atoms with van der Waals surface area (Å²) in [5, 5.41) is 0.893. The van der Waals surface area contributed by atoms with Crippen molar-refractivity contribution >= 4 is 21.8 Å². The van der Waals surface area contributed by atoms with Gasteiger partial charge in [-0.15, -0.1) is 0 Å². The van der Waals surface area contributed by atoms with Crippen LogP contribution in [0.1, 0.15) is 24.9 Å². The first-order chi connectivity index (χ1) is 8.65. The van der Waals surface area contributed by atoms with Crippen molar-refractivity contribution in [2.75, 3.05) is 19.0 Å². The number of halogens is 1. The van der Waals surface area contributed by atoms with Gasteiger partial charge in [0.1, 0.15) is 5.75 Å². The highest BCUT2D eigenvalue weighted by atomic mass is 79.9. The molecule has 0 aromatic heterocycles. The van der Waals surface area contributed by atoms with Gasteiger partial charge >= 0.3 is 0 Å². The van der Waals surface area contributed by atoms with E-state index in [1.807, 2.05) is 29.2 Å². The van der Waals surface area contributed by atoms with E-state index in [0.29, 0.717) is 12.3 Å². The fraction of sp³-hybridized carbons (Fsp3) is 0.500. The molecular weight excluding hydrogens is 294 g/mol. The number of nitrogens with zero attached hydrogens (tertiary/aromatic N) is 1. The number of rotatable bonds is 4. The monoisotopic (exact) mass is 311 g/mol. The summed E-state index contributed by atoms with van der Waals surface area (Å²) in [5.74, 6) is 1.54. The van der Waals surface area contributed by atoms with Crippen LogP contribution in [-0.4, -0.2) is 29.8 Å². The molecule has 1 aromatic carbocycles. The second-order valence-electron chi connectivity index (χ2n) is 4.72. The van der Waals surface area contributed by atoms with E-state index < -0.39 is 0 Å². The molecule has 0 spiro atoms. The summed E-state index contributed by atoms with van der Waals surface area (Å²) in [6, 6.07) is 8.06. The average Bonchev–Trinajstić information content (AvgIpc) is 2.79. The molecule has 1 saturated heterocycles. The minimum atomic E-state index is 0.132. The normalized spacial score (nSPS) is 21.2. The molecule has 1 amide bonds. The molecule has 1 fully saturated rings. The lowest BCUT2D eigenvalue weighted by molar-refractivity contribution is -0.129. The van der Waals surface area contributed by atoms with E-state index in [2.05, 4.69) is 22.9 Å². The van der Waals surface area contributed by atoms with Crippen molar-refractivity contribution in [1.82, 2.24) is 4.90 Å². The van der Waals surface area contributed by atoms with Crippen molar-refractivity contribution in [3.05, 3.63) is 29.8 Å². The lowest BCUT2D eigenvalue weighted by atomic mass is 10.1. The van der Waals surface area contributed by atoms with Crippen LogP contribution in [0, 0.1) is 5.92 Å². The number of carbonyl (C=O) groups excluding carboxylic acids is 1. The van der Waals surface area contributed by atoms with Gasteiger partial charge in [0, 0.05) is 18.3 Å². The summed E-state index contributed by atoms with van der Waals surface area (Å²) in [7, 11) is 1.66. The summed E-state index contributed by atoms with van der Waals surface area (Å²) in [5.41, 5.74) is 1.15. The van der Waals surface area contributed by atoms with Crippen molar-refractivity contribution in [3.63, 3.8) is 0 Å². The molecule has 1 heterocycles. The number of ether oxygens (including phenoxy) is 1. The highest BCUT2D eigenvalue weighted by Crippen LogP contribution is 2.29. The fourth-order valence-electron chi connectivity index (χ4n) is 2.35. The standard InChI is InChI=1S/C14H18BrNO2/c1-10(12-3-5-13(18-2)6-4-12)16-9-11(8-15)7-14(16)17/h3-6,10-11H,7-9H2,1-2H3. The van der Waals surface area contributed by atoms with E-state index >= 15 is 0 Å². The van der Waals surface area contributed by atoms with Gasteiger partial charge in [-0.05, 0) is 30.5 Å². The van der Waals surface area contributed by atoms with Crippen LogP contribution in [0.3, 0.4) is 0 Å². The highest BCUT2D eigenvalue weighted by molar-refractivity contribution is 9.09. The molecule has 1 aromatic rings. The lowest BCUT2D eigenvalue weighted by Gasteiger charge is -2.25. The zero-order chi connectivity index (χ0) is 13.1. The Bertz CT molecular complexity index is 418. The molecule has 0 saturated carbocycles. The van der Waals surface area contributed by atoms with Gasteiger partial charge < -0.3 is 9.64 Å². The maximum Gasteiger partial charge on any atom is 0.223 e. The van der Waals surface area contributed by atoms with E-state index in [0.717, 1.165) is 23.2 Å². The first-order valence-corrected chi connectivity index (χ1v) is 7.27. The first-order valence-electron chi connectivity index (χ1n) is 6.15. The molecule has 2 rings (SSSR count). The molecule has 0 N–H and O–H groups in total. The van der Waals surface area contributed by atoms with Crippen LogP contribution < -0.4 is 4.74 Å². The van der Waals surface area contributed by atoms with Gasteiger partial charge in [0.25, 0.3) is 0 Å². The molecule has 18 heavy (non-hydrogen) atoms. The number of hydrogen-bond acceptors (Lipinski definition) is 2. The van der Waals surface area contributed by atoms with Crippen LogP contribution in [-0.2, 0) is 4.79 Å². The van der Waals surface area contributed by atoms with Crippen molar-refractivity contribution in [1.29, 1.82) is 0 Å². The van der Waals surface area contributed by atoms with Gasteiger partial charge in [0.05, 0.1) is 13.2 Å². The maximum absolute atomic E-state index is 12.0. The second kappa shape index (κ2) is 5.74. The van der Waals surface area contributed by atoms with Crippen molar-refractivity contribution < 1.29 is 9.53 Å². The predicted octanol–water partition coefficient (Wildman–Crippen LogP) is 3.00. The maximum atomic E-state index is 12.0. The van der Waals surface area contributed by atoms with Crippen LogP contribution in [0.15, 0.2) is 24.3 Å². The highest BCUT2D eigenvalue weighted by Gasteiger charge is 2.32. The Morgan fingerprint density at radius 3 is 2.61 bits per heavy atom. The number of likely N-dealkylation sites (tertiary alicyclic amines) is 1. The van der Waals surface area contributed by atoms with Crippen LogP contribution >= 0.6 is 15.9 Å². The first kappa shape index (κ1) is 13.4. The third-order valence-corrected chi connectivity index (χ3v) is 4.44. The van der Waals surface area contributed by atoms with Gasteiger partial charge in [-0.3, -0.25) is 4.79 Å². The van der Waals surface area contributed by atoms with E-state index in [1.54, 1.807) is 7.11 Å². The molecule has 1 aliphatic heterocycles. The number of hydrogen-bond donors (Lipinski definition) is 0. The average molecular weight is 312 g/mol. The van der Waals surface area contributed by atoms with Crippen LogP contribution in [0.25, 0.3) is 0 Å². The van der Waals surface area contributed by atoms with Gasteiger partial charge in [0.2, 0.25) is 5.91 Å². The number of amides is 1. The fourth-order valence-corrected chi connectivity index (χ4v) is 2.78. The molecule has 3 nitrogen and oxygen atoms in total. The Labute approximate surface area is 116 Å². The Morgan fingerprint density at radius 1 is 1.44 bits per heavy atom. The van der Waals surface area contributed by atoms with Crippen LogP contribution in [0.2, 0.25) is 0 Å². The SMILES string of the molecule is COc1ccc(C(C)N2CC(CBr)CC2=O)cc1. The molecule has 2 unspecified atom stereocenters. The quantitative estimate of drug-likeness (QED) is 0.800. The van der Waals surface area contributed by atoms with Gasteiger partial charge in [-0.25, -0.2) is 0 Å². The molecule has 0 aliphatic carbocycles. The molecule has 0 radical (unpaired) electrons. The minimum Gasteiger partial charge on any atom is -0.497 e. The summed E-state index contributed by atoms with van der Waals surface area (Å²) in [6.07, 6.45) is 0.658. The van der Waals surface area contributed by atoms with Crippen LogP contribution in [0.4, 0.5) is 0 Å². The Morgan fingerprint density at radius 2 is 2.11 bits per heavy atom. The topological polar surface area (TPSA) is 29.5 Å². The zero-order valence-corrected chi connectivity index (χ0v) is 12.3. The summed E-state index contributed by atoms with van der Waals surface area (Å²) >= 11 is 3.46. The van der Waals surface area contributed by atoms with Gasteiger partial charge in [-0.1, -0.05) is 28.1 Å². The minimum absolute atomic E-state index is 0.132. The van der Waals surface area contributed by atoms with E-state index in [9.17, 15) is 4.79 Å². The molecule has 98 valence electrons. The number of alkyl halides is 1. The predicted molar refractivity (Wildman–Crippen MR) is 75.0 cm³/mol. The van der Waals surface area contributed by atoms with Gasteiger partial charge in [0.15, 0.2) is 0 Å². The number of carbonyl (C=O) groups is 1. The Balaban J connectivity index is 2.10. The number of methoxy groups -OCH3 is 1. The molecule has 0 bridgehead atoms. The zero-order valence-electron chi connectivity index (χ0n) is 10.7. The lowest BCUT2D eigenvalue weighted by Crippen LogP contribution is -2.28. The van der Waals surface area contributed by atoms with E-state index in [1.165, 1.54) is 0 Å². The van der Waals surface area contributed by atoms with Crippen molar-refractivity contribution in [3.8, 4) is 5.75 Å². The number of benzene rings is 1. The second-order valence-corrected chi connectivity index (χ2v) is 5.37. The Hall–Kier alpha value is -1.03. The summed E-state index contributed by atoms with van der Waals surface area (Å²) in [6.45, 7) is 2.92. The van der Waals surface area contributed by atoms with Crippen LogP contribution in [0.5, 0.6) is 5.75 Å². The smallest absolute Gasteiger partial charge is 0.223 e. The van der Waals surface area contributed by atoms with Gasteiger partial charge in [-0.2, -0.15) is 0 Å². The van der Waals surface area contributed by atoms with E-state index in [-0.39, 0.29) is 11.9 Å². The molecule has 4 heteroatoms. The van der Waals surface area contributed by atoms with Crippen molar-refractivity contribution in [2.24, 2.45) is 5.92 Å². The van der Waals surface area contributed by atoms with E-state index in [4.69, 9.17) is 4.74 Å². The largest absolute Gasteiger partial charge is 0.497 e. The Kier molecular flexibility index (Phi) is 4.27. The molecule has 2 atom stereocenters. The molecule has 1 aliphatic rings. The van der Waals surface area contributed by atoms with Crippen molar-refractivity contribution in [2.45, 2.75) is 19.4 Å². The molecular formula is C14H18BrNO2.